The number of nitrogens with zero attached hydrogens (tertiary/aromatic N) is 1. The van der Waals surface area contributed by atoms with E-state index >= 15 is 0 Å². The molecule has 2 rings (SSSR count). The van der Waals surface area contributed by atoms with E-state index in [1.165, 1.54) is 43.4 Å². The van der Waals surface area contributed by atoms with Crippen LogP contribution in [0.1, 0.15) is 50.6 Å². The Labute approximate surface area is 119 Å². The SMILES string of the molecule is CC(N)c1ccc(Br)cc1N(C)C1CCCCC1. The van der Waals surface area contributed by atoms with Crippen molar-refractivity contribution < 1.29 is 0 Å². The highest BCUT2D eigenvalue weighted by Crippen LogP contribution is 2.32. The van der Waals surface area contributed by atoms with Crippen molar-refractivity contribution in [1.82, 2.24) is 0 Å². The second-order valence-corrected chi connectivity index (χ2v) is 6.31. The highest BCUT2D eigenvalue weighted by Gasteiger charge is 2.21. The Balaban J connectivity index is 2.27. The van der Waals surface area contributed by atoms with Crippen LogP contribution in [0, 0.1) is 0 Å². The zero-order valence-electron chi connectivity index (χ0n) is 11.3. The Kier molecular flexibility index (Phi) is 4.68. The lowest BCUT2D eigenvalue weighted by atomic mass is 9.93. The van der Waals surface area contributed by atoms with E-state index in [4.69, 9.17) is 5.73 Å². The summed E-state index contributed by atoms with van der Waals surface area (Å²) in [5.74, 6) is 0. The minimum Gasteiger partial charge on any atom is -0.371 e. The Morgan fingerprint density at radius 2 is 1.94 bits per heavy atom. The molecule has 1 unspecified atom stereocenters. The summed E-state index contributed by atoms with van der Waals surface area (Å²) in [4.78, 5) is 2.43. The first-order valence-corrected chi connectivity index (χ1v) is 7.66. The van der Waals surface area contributed by atoms with Crippen LogP contribution in [0.5, 0.6) is 0 Å². The van der Waals surface area contributed by atoms with Crippen LogP contribution in [0.15, 0.2) is 22.7 Å². The molecule has 2 N–H and O–H groups in total. The lowest BCUT2D eigenvalue weighted by molar-refractivity contribution is 0.427. The summed E-state index contributed by atoms with van der Waals surface area (Å²) >= 11 is 3.57. The molecule has 18 heavy (non-hydrogen) atoms. The third kappa shape index (κ3) is 3.07. The normalized spacial score (nSPS) is 18.7. The van der Waals surface area contributed by atoms with Gasteiger partial charge in [0.25, 0.3) is 0 Å². The molecule has 0 heterocycles. The first kappa shape index (κ1) is 13.9. The maximum atomic E-state index is 6.09. The predicted octanol–water partition coefficient (Wildman–Crippen LogP) is 4.24. The van der Waals surface area contributed by atoms with Crippen LogP contribution in [-0.4, -0.2) is 13.1 Å². The van der Waals surface area contributed by atoms with Crippen molar-refractivity contribution >= 4 is 21.6 Å². The molecule has 0 saturated heterocycles. The standard InChI is InChI=1S/C15H23BrN2/c1-11(17)14-9-8-12(16)10-15(14)18(2)13-6-4-3-5-7-13/h8-11,13H,3-7,17H2,1-2H3. The summed E-state index contributed by atoms with van der Waals surface area (Å²) in [5.41, 5.74) is 8.62. The second kappa shape index (κ2) is 6.07. The fraction of sp³-hybridized carbons (Fsp3) is 0.600. The number of nitrogens with two attached hydrogens (primary N) is 1. The van der Waals surface area contributed by atoms with E-state index < -0.39 is 0 Å². The molecular formula is C15H23BrN2. The van der Waals surface area contributed by atoms with Gasteiger partial charge in [0.1, 0.15) is 0 Å². The van der Waals surface area contributed by atoms with Gasteiger partial charge in [0, 0.05) is 29.3 Å². The number of hydrogen-bond donors (Lipinski definition) is 1. The monoisotopic (exact) mass is 310 g/mol. The molecule has 1 fully saturated rings. The average molecular weight is 311 g/mol. The van der Waals surface area contributed by atoms with Crippen molar-refractivity contribution in [3.63, 3.8) is 0 Å². The summed E-state index contributed by atoms with van der Waals surface area (Å²) in [6, 6.07) is 7.18. The van der Waals surface area contributed by atoms with E-state index in [1.807, 2.05) is 0 Å². The third-order valence-electron chi connectivity index (χ3n) is 3.99. The van der Waals surface area contributed by atoms with Gasteiger partial charge in [0.15, 0.2) is 0 Å². The third-order valence-corrected chi connectivity index (χ3v) is 4.48. The first-order valence-electron chi connectivity index (χ1n) is 6.87. The molecule has 0 aromatic heterocycles. The Bertz CT molecular complexity index is 397. The molecule has 100 valence electrons. The maximum Gasteiger partial charge on any atom is 0.0425 e. The lowest BCUT2D eigenvalue weighted by Gasteiger charge is -2.35. The minimum atomic E-state index is 0.0825. The van der Waals surface area contributed by atoms with Crippen molar-refractivity contribution in [2.24, 2.45) is 5.73 Å². The van der Waals surface area contributed by atoms with Crippen LogP contribution < -0.4 is 10.6 Å². The molecule has 2 nitrogen and oxygen atoms in total. The first-order chi connectivity index (χ1) is 8.59. The summed E-state index contributed by atoms with van der Waals surface area (Å²) in [7, 11) is 2.21. The van der Waals surface area contributed by atoms with E-state index in [1.54, 1.807) is 0 Å². The molecular weight excluding hydrogens is 288 g/mol. The summed E-state index contributed by atoms with van der Waals surface area (Å²) < 4.78 is 1.13. The molecule has 1 aromatic rings. The Hall–Kier alpha value is -0.540. The molecule has 0 spiro atoms. The number of rotatable bonds is 3. The molecule has 1 aliphatic rings. The molecule has 1 atom stereocenters. The number of benzene rings is 1. The average Bonchev–Trinajstić information content (AvgIpc) is 2.38. The smallest absolute Gasteiger partial charge is 0.0425 e. The molecule has 1 saturated carbocycles. The molecule has 1 aromatic carbocycles. The van der Waals surface area contributed by atoms with E-state index in [0.29, 0.717) is 6.04 Å². The van der Waals surface area contributed by atoms with Gasteiger partial charge < -0.3 is 10.6 Å². The van der Waals surface area contributed by atoms with Gasteiger partial charge in [-0.2, -0.15) is 0 Å². The van der Waals surface area contributed by atoms with E-state index in [-0.39, 0.29) is 6.04 Å². The van der Waals surface area contributed by atoms with Gasteiger partial charge in [-0.05, 0) is 37.5 Å². The van der Waals surface area contributed by atoms with Gasteiger partial charge in [-0.25, -0.2) is 0 Å². The van der Waals surface area contributed by atoms with E-state index in [9.17, 15) is 0 Å². The predicted molar refractivity (Wildman–Crippen MR) is 82.0 cm³/mol. The number of hydrogen-bond acceptors (Lipinski definition) is 2. The topological polar surface area (TPSA) is 29.3 Å². The van der Waals surface area contributed by atoms with Crippen LogP contribution in [0.2, 0.25) is 0 Å². The van der Waals surface area contributed by atoms with Gasteiger partial charge in [-0.15, -0.1) is 0 Å². The van der Waals surface area contributed by atoms with E-state index in [2.05, 4.69) is 53.0 Å². The largest absolute Gasteiger partial charge is 0.371 e. The van der Waals surface area contributed by atoms with Crippen molar-refractivity contribution in [1.29, 1.82) is 0 Å². The second-order valence-electron chi connectivity index (χ2n) is 5.39. The van der Waals surface area contributed by atoms with Crippen LogP contribution in [-0.2, 0) is 0 Å². The van der Waals surface area contributed by atoms with Gasteiger partial charge >= 0.3 is 0 Å². The van der Waals surface area contributed by atoms with E-state index in [0.717, 1.165) is 4.47 Å². The molecule has 1 aliphatic carbocycles. The van der Waals surface area contributed by atoms with Crippen molar-refractivity contribution in [3.8, 4) is 0 Å². The fourth-order valence-electron chi connectivity index (χ4n) is 2.87. The quantitative estimate of drug-likeness (QED) is 0.905. The Morgan fingerprint density at radius 1 is 1.28 bits per heavy atom. The summed E-state index contributed by atoms with van der Waals surface area (Å²) in [5, 5.41) is 0. The fourth-order valence-corrected chi connectivity index (χ4v) is 3.22. The number of anilines is 1. The van der Waals surface area contributed by atoms with Gasteiger partial charge in [-0.1, -0.05) is 41.3 Å². The zero-order valence-corrected chi connectivity index (χ0v) is 12.9. The molecule has 0 aliphatic heterocycles. The maximum absolute atomic E-state index is 6.09. The minimum absolute atomic E-state index is 0.0825. The zero-order chi connectivity index (χ0) is 13.1. The molecule has 0 amide bonds. The van der Waals surface area contributed by atoms with Crippen molar-refractivity contribution in [2.45, 2.75) is 51.1 Å². The molecule has 0 bridgehead atoms. The van der Waals surface area contributed by atoms with Gasteiger partial charge in [0.2, 0.25) is 0 Å². The summed E-state index contributed by atoms with van der Waals surface area (Å²) in [6.45, 7) is 2.06. The van der Waals surface area contributed by atoms with Crippen LogP contribution >= 0.6 is 15.9 Å². The van der Waals surface area contributed by atoms with Gasteiger partial charge in [-0.3, -0.25) is 0 Å². The molecule has 0 radical (unpaired) electrons. The highest BCUT2D eigenvalue weighted by atomic mass is 79.9. The van der Waals surface area contributed by atoms with Crippen LogP contribution in [0.4, 0.5) is 5.69 Å². The van der Waals surface area contributed by atoms with Crippen molar-refractivity contribution in [2.75, 3.05) is 11.9 Å². The van der Waals surface area contributed by atoms with Gasteiger partial charge in [0.05, 0.1) is 0 Å². The number of halogens is 1. The Morgan fingerprint density at radius 3 is 2.56 bits per heavy atom. The van der Waals surface area contributed by atoms with Crippen LogP contribution in [0.3, 0.4) is 0 Å². The van der Waals surface area contributed by atoms with Crippen molar-refractivity contribution in [3.05, 3.63) is 28.2 Å². The summed E-state index contributed by atoms with van der Waals surface area (Å²) in [6.07, 6.45) is 6.72. The lowest BCUT2D eigenvalue weighted by Crippen LogP contribution is -2.34. The highest BCUT2D eigenvalue weighted by molar-refractivity contribution is 9.10. The molecule has 3 heteroatoms. The van der Waals surface area contributed by atoms with Crippen LogP contribution in [0.25, 0.3) is 0 Å².